The monoisotopic (exact) mass is 340 g/mol. The Morgan fingerprint density at radius 2 is 2.18 bits per heavy atom. The van der Waals surface area contributed by atoms with Crippen LogP contribution in [0, 0.1) is 0 Å². The van der Waals surface area contributed by atoms with Gasteiger partial charge in [-0.2, -0.15) is 0 Å². The number of aromatic nitrogens is 1. The van der Waals surface area contributed by atoms with Crippen LogP contribution in [0.15, 0.2) is 11.7 Å². The molecule has 5 nitrogen and oxygen atoms in total. The third-order valence-electron chi connectivity index (χ3n) is 4.37. The van der Waals surface area contributed by atoms with E-state index in [4.69, 9.17) is 0 Å². The molecule has 1 aliphatic heterocycles. The van der Waals surface area contributed by atoms with Crippen molar-refractivity contribution in [3.63, 3.8) is 0 Å². The Kier molecular flexibility index (Phi) is 4.77. The van der Waals surface area contributed by atoms with Crippen molar-refractivity contribution in [2.75, 3.05) is 5.75 Å². The summed E-state index contributed by atoms with van der Waals surface area (Å²) in [5.41, 5.74) is 1.69. The Morgan fingerprint density at radius 1 is 1.41 bits per heavy atom. The van der Waals surface area contributed by atoms with Gasteiger partial charge < -0.3 is 5.32 Å². The zero-order valence-corrected chi connectivity index (χ0v) is 14.8. The molecule has 0 bridgehead atoms. The normalized spacial score (nSPS) is 33.0. The molecule has 1 aromatic heterocycles. The number of nitrogens with one attached hydrogen (secondary N) is 3. The van der Waals surface area contributed by atoms with E-state index in [-0.39, 0.29) is 11.4 Å². The van der Waals surface area contributed by atoms with Crippen LogP contribution in [0.5, 0.6) is 0 Å². The smallest absolute Gasteiger partial charge is 0.219 e. The van der Waals surface area contributed by atoms with Crippen molar-refractivity contribution in [3.8, 4) is 0 Å². The maximum absolute atomic E-state index is 11.7. The van der Waals surface area contributed by atoms with Crippen LogP contribution in [0.1, 0.15) is 50.8 Å². The third-order valence-corrected chi connectivity index (χ3v) is 6.88. The van der Waals surface area contributed by atoms with Gasteiger partial charge in [-0.3, -0.25) is 20.4 Å². The fourth-order valence-electron chi connectivity index (χ4n) is 3.30. The number of hydrogen-bond donors (Lipinski definition) is 3. The molecule has 0 radical (unpaired) electrons. The molecular weight excluding hydrogens is 316 g/mol. The Bertz CT molecular complexity index is 518. The summed E-state index contributed by atoms with van der Waals surface area (Å²) in [6, 6.07) is 0.462. The van der Waals surface area contributed by atoms with Gasteiger partial charge in [-0.05, 0) is 19.8 Å². The fraction of sp³-hybridized carbons (Fsp3) is 0.733. The first-order chi connectivity index (χ1) is 10.5. The molecule has 1 saturated heterocycles. The van der Waals surface area contributed by atoms with Crippen LogP contribution < -0.4 is 16.0 Å². The Morgan fingerprint density at radius 3 is 2.82 bits per heavy atom. The van der Waals surface area contributed by atoms with Crippen molar-refractivity contribution in [1.82, 2.24) is 20.9 Å². The number of carbonyl (C=O) groups is 1. The van der Waals surface area contributed by atoms with Gasteiger partial charge in [0.2, 0.25) is 5.91 Å². The molecule has 122 valence electrons. The van der Waals surface area contributed by atoms with Gasteiger partial charge in [-0.15, -0.1) is 11.3 Å². The lowest BCUT2D eigenvalue weighted by Gasteiger charge is -2.38. The molecule has 1 aliphatic carbocycles. The van der Waals surface area contributed by atoms with E-state index in [1.165, 1.54) is 37.0 Å². The molecule has 2 atom stereocenters. The van der Waals surface area contributed by atoms with E-state index in [1.807, 2.05) is 11.7 Å². The first-order valence-corrected chi connectivity index (χ1v) is 9.77. The van der Waals surface area contributed by atoms with Gasteiger partial charge in [0.05, 0.1) is 11.0 Å². The van der Waals surface area contributed by atoms with Crippen LogP contribution >= 0.6 is 23.1 Å². The maximum Gasteiger partial charge on any atom is 0.219 e. The summed E-state index contributed by atoms with van der Waals surface area (Å²) < 4.78 is 0. The van der Waals surface area contributed by atoms with Gasteiger partial charge in [-0.1, -0.05) is 31.0 Å². The second-order valence-corrected chi connectivity index (χ2v) is 8.53. The maximum atomic E-state index is 11.7. The fourth-order valence-corrected chi connectivity index (χ4v) is 5.63. The van der Waals surface area contributed by atoms with E-state index in [0.717, 1.165) is 5.75 Å². The average Bonchev–Trinajstić information content (AvgIpc) is 3.09. The number of carbonyl (C=O) groups excluding carboxylic acids is 1. The van der Waals surface area contributed by atoms with Crippen LogP contribution in [0.3, 0.4) is 0 Å². The van der Waals surface area contributed by atoms with Gasteiger partial charge in [0.1, 0.15) is 0 Å². The molecule has 1 amide bonds. The van der Waals surface area contributed by atoms with E-state index < -0.39 is 5.12 Å². The van der Waals surface area contributed by atoms with Crippen LogP contribution in [0.25, 0.3) is 0 Å². The molecule has 3 rings (SSSR count). The Balaban J connectivity index is 1.77. The van der Waals surface area contributed by atoms with Crippen LogP contribution in [0.4, 0.5) is 0 Å². The lowest BCUT2D eigenvalue weighted by molar-refractivity contribution is -0.120. The minimum Gasteiger partial charge on any atom is -0.317 e. The first kappa shape index (κ1) is 16.2. The van der Waals surface area contributed by atoms with Crippen molar-refractivity contribution in [2.45, 2.75) is 62.7 Å². The first-order valence-electron chi connectivity index (χ1n) is 7.90. The molecule has 2 fully saturated rings. The predicted octanol–water partition coefficient (Wildman–Crippen LogP) is 2.36. The van der Waals surface area contributed by atoms with Gasteiger partial charge in [0, 0.05) is 29.8 Å². The summed E-state index contributed by atoms with van der Waals surface area (Å²) in [5.74, 6) is 0.881. The van der Waals surface area contributed by atoms with E-state index in [9.17, 15) is 4.79 Å². The van der Waals surface area contributed by atoms with Gasteiger partial charge in [0.15, 0.2) is 5.12 Å². The highest BCUT2D eigenvalue weighted by Gasteiger charge is 2.48. The molecule has 3 N–H and O–H groups in total. The third kappa shape index (κ3) is 3.48. The average molecular weight is 341 g/mol. The number of amides is 1. The highest BCUT2D eigenvalue weighted by Crippen LogP contribution is 2.40. The van der Waals surface area contributed by atoms with Crippen molar-refractivity contribution >= 4 is 29.0 Å². The van der Waals surface area contributed by atoms with Crippen molar-refractivity contribution < 1.29 is 4.79 Å². The second-order valence-electron chi connectivity index (χ2n) is 6.45. The SMILES string of the molecule is CC(=O)NC1(NC2CCCCC2)NC(C)(c2cncs2)CS1. The van der Waals surface area contributed by atoms with Crippen molar-refractivity contribution in [2.24, 2.45) is 0 Å². The molecule has 1 saturated carbocycles. The summed E-state index contributed by atoms with van der Waals surface area (Å²) in [4.78, 5) is 17.1. The molecule has 0 aromatic carbocycles. The molecule has 2 unspecified atom stereocenters. The van der Waals surface area contributed by atoms with Crippen LogP contribution in [-0.4, -0.2) is 27.8 Å². The summed E-state index contributed by atoms with van der Waals surface area (Å²) in [6.45, 7) is 3.76. The van der Waals surface area contributed by atoms with Crippen LogP contribution in [-0.2, 0) is 10.3 Å². The number of thioether (sulfide) groups is 1. The zero-order valence-electron chi connectivity index (χ0n) is 13.1. The number of rotatable bonds is 4. The lowest BCUT2D eigenvalue weighted by atomic mass is 9.95. The molecular formula is C15H24N4OS2. The van der Waals surface area contributed by atoms with Gasteiger partial charge in [-0.25, -0.2) is 0 Å². The minimum atomic E-state index is -0.577. The largest absolute Gasteiger partial charge is 0.317 e. The van der Waals surface area contributed by atoms with E-state index in [0.29, 0.717) is 6.04 Å². The summed E-state index contributed by atoms with van der Waals surface area (Å²) in [5, 5.41) is 9.87. The minimum absolute atomic E-state index is 0.0168. The molecule has 2 heterocycles. The standard InChI is InChI=1S/C15H24N4OS2/c1-11(20)17-15(18-12-6-4-3-5-7-12)19-14(2,9-22-15)13-8-16-10-21-13/h8,10,12,18-19H,3-7,9H2,1-2H3,(H,17,20). The zero-order chi connectivity index (χ0) is 15.6. The number of hydrogen-bond acceptors (Lipinski definition) is 6. The van der Waals surface area contributed by atoms with Crippen molar-refractivity contribution in [1.29, 1.82) is 0 Å². The molecule has 2 aliphatic rings. The molecule has 0 spiro atoms. The van der Waals surface area contributed by atoms with E-state index in [1.54, 1.807) is 30.0 Å². The quantitative estimate of drug-likeness (QED) is 0.734. The van der Waals surface area contributed by atoms with Crippen LogP contribution in [0.2, 0.25) is 0 Å². The number of thiazole rings is 1. The highest BCUT2D eigenvalue weighted by molar-refractivity contribution is 8.00. The topological polar surface area (TPSA) is 66.1 Å². The van der Waals surface area contributed by atoms with Crippen molar-refractivity contribution in [3.05, 3.63) is 16.6 Å². The summed E-state index contributed by atoms with van der Waals surface area (Å²) >= 11 is 3.40. The highest BCUT2D eigenvalue weighted by atomic mass is 32.2. The Labute approximate surface area is 140 Å². The summed E-state index contributed by atoms with van der Waals surface area (Å²) in [7, 11) is 0. The molecule has 22 heavy (non-hydrogen) atoms. The summed E-state index contributed by atoms with van der Waals surface area (Å²) in [6.07, 6.45) is 8.14. The lowest BCUT2D eigenvalue weighted by Crippen LogP contribution is -2.67. The van der Waals surface area contributed by atoms with E-state index in [2.05, 4.69) is 27.9 Å². The number of nitrogens with zero attached hydrogens (tertiary/aromatic N) is 1. The van der Waals surface area contributed by atoms with Gasteiger partial charge >= 0.3 is 0 Å². The molecule has 7 heteroatoms. The van der Waals surface area contributed by atoms with Gasteiger partial charge in [0.25, 0.3) is 0 Å². The Hall–Kier alpha value is -0.630. The second kappa shape index (κ2) is 6.47. The molecule has 1 aromatic rings. The van der Waals surface area contributed by atoms with E-state index >= 15 is 0 Å². The predicted molar refractivity (Wildman–Crippen MR) is 91.6 cm³/mol.